The number of fused-ring (bicyclic) bond motifs is 2. The van der Waals surface area contributed by atoms with Gasteiger partial charge in [-0.3, -0.25) is 9.31 Å². The van der Waals surface area contributed by atoms with Crippen LogP contribution >= 0.6 is 34.0 Å². The van der Waals surface area contributed by atoms with Gasteiger partial charge in [-0.05, 0) is 30.5 Å². The Morgan fingerprint density at radius 1 is 1.02 bits per heavy atom. The number of thiazole rings is 1. The highest BCUT2D eigenvalue weighted by Gasteiger charge is 2.44. The Kier molecular flexibility index (Phi) is 8.27. The average Bonchev–Trinajstić information content (AvgIpc) is 3.87. The van der Waals surface area contributed by atoms with Crippen molar-refractivity contribution in [1.29, 1.82) is 5.26 Å². The Balaban J connectivity index is 0.994. The number of aromatic nitrogens is 11. The maximum absolute atomic E-state index is 13.7. The number of hydrogen-bond acceptors (Lipinski definition) is 18. The minimum absolute atomic E-state index is 0.0142. The van der Waals surface area contributed by atoms with E-state index in [0.29, 0.717) is 60.5 Å². The Morgan fingerprint density at radius 2 is 1.85 bits per heavy atom. The summed E-state index contributed by atoms with van der Waals surface area (Å²) in [5.41, 5.74) is 1.20. The van der Waals surface area contributed by atoms with Gasteiger partial charge in [0, 0.05) is 47.2 Å². The van der Waals surface area contributed by atoms with Gasteiger partial charge in [0.25, 0.3) is 5.89 Å². The third-order valence-electron chi connectivity index (χ3n) is 8.24. The number of H-pyrrole nitrogens is 1. The summed E-state index contributed by atoms with van der Waals surface area (Å²) in [7, 11) is -5.22. The zero-order valence-corrected chi connectivity index (χ0v) is 30.9. The number of nitrogens with one attached hydrogen (secondary N) is 1. The standard InChI is InChI=1S/C32H20N12O4S5/c1-2-10-53(46,47)32-18(13-33)21-23(19-4-7-37-42-19)39-25(40-30(21)51-32)28-44-43-27(48-28)16-11-15(16)14-52(45)20-12-17-22(24-34-5-3-6-35-24)38-26(41-29(17)50-20)31-36-8-9-49-31/h2-9,12,15-16H,1,10-11,14H2,(H,37,42). The lowest BCUT2D eigenvalue weighted by molar-refractivity contribution is 0.499. The summed E-state index contributed by atoms with van der Waals surface area (Å²) in [6.07, 6.45) is 8.45. The van der Waals surface area contributed by atoms with Crippen LogP contribution < -0.4 is 0 Å². The minimum Gasteiger partial charge on any atom is -0.418 e. The van der Waals surface area contributed by atoms with E-state index >= 15 is 0 Å². The number of rotatable bonds is 11. The molecule has 9 rings (SSSR count). The summed E-state index contributed by atoms with van der Waals surface area (Å²) in [6.45, 7) is 3.53. The molecule has 0 radical (unpaired) electrons. The molecule has 1 N–H and O–H groups in total. The van der Waals surface area contributed by atoms with Gasteiger partial charge >= 0.3 is 0 Å². The summed E-state index contributed by atoms with van der Waals surface area (Å²) < 4.78 is 46.4. The maximum Gasteiger partial charge on any atom is 0.285 e. The van der Waals surface area contributed by atoms with Crippen molar-refractivity contribution < 1.29 is 17.0 Å². The first kappa shape index (κ1) is 33.3. The summed E-state index contributed by atoms with van der Waals surface area (Å²) in [5, 5.41) is 28.8. The van der Waals surface area contributed by atoms with E-state index in [1.54, 1.807) is 30.7 Å². The molecule has 0 spiro atoms. The molecule has 8 aromatic rings. The fourth-order valence-corrected chi connectivity index (χ4v) is 11.8. The van der Waals surface area contributed by atoms with Gasteiger partial charge in [-0.2, -0.15) is 10.4 Å². The average molecular weight is 797 g/mol. The molecular formula is C32H20N12O4S5. The highest BCUT2D eigenvalue weighted by atomic mass is 32.2. The van der Waals surface area contributed by atoms with Crippen molar-refractivity contribution >= 4 is 75.1 Å². The summed E-state index contributed by atoms with van der Waals surface area (Å²) >= 11 is 3.62. The molecule has 1 aliphatic rings. The van der Waals surface area contributed by atoms with Crippen LogP contribution in [0.3, 0.4) is 0 Å². The monoisotopic (exact) mass is 796 g/mol. The first-order chi connectivity index (χ1) is 25.8. The van der Waals surface area contributed by atoms with Crippen molar-refractivity contribution in [1.82, 2.24) is 55.3 Å². The second-order valence-corrected chi connectivity index (χ2v) is 18.5. The quantitative estimate of drug-likeness (QED) is 0.160. The second kappa shape index (κ2) is 13.2. The van der Waals surface area contributed by atoms with Gasteiger partial charge in [-0.1, -0.05) is 6.08 Å². The molecule has 16 nitrogen and oxygen atoms in total. The number of sulfone groups is 1. The van der Waals surface area contributed by atoms with E-state index in [4.69, 9.17) is 14.4 Å². The number of aromatic amines is 1. The lowest BCUT2D eigenvalue weighted by Crippen LogP contribution is -2.04. The second-order valence-electron chi connectivity index (χ2n) is 11.6. The van der Waals surface area contributed by atoms with E-state index in [2.05, 4.69) is 51.9 Å². The highest BCUT2D eigenvalue weighted by Crippen LogP contribution is 2.49. The van der Waals surface area contributed by atoms with Crippen molar-refractivity contribution in [3.05, 3.63) is 72.5 Å². The molecular weight excluding hydrogens is 777 g/mol. The van der Waals surface area contributed by atoms with Crippen LogP contribution in [0.1, 0.15) is 23.8 Å². The Morgan fingerprint density at radius 3 is 2.60 bits per heavy atom. The molecule has 0 amide bonds. The van der Waals surface area contributed by atoms with E-state index in [9.17, 15) is 17.9 Å². The summed E-state index contributed by atoms with van der Waals surface area (Å²) in [5.74, 6) is 1.22. The van der Waals surface area contributed by atoms with Crippen molar-refractivity contribution in [3.63, 3.8) is 0 Å². The van der Waals surface area contributed by atoms with Crippen molar-refractivity contribution in [2.75, 3.05) is 11.5 Å². The van der Waals surface area contributed by atoms with E-state index in [0.717, 1.165) is 11.3 Å². The molecule has 262 valence electrons. The Labute approximate surface area is 313 Å². The Hall–Kier alpha value is -5.53. The molecule has 1 fully saturated rings. The number of nitriles is 1. The van der Waals surface area contributed by atoms with Crippen molar-refractivity contribution in [3.8, 4) is 51.5 Å². The van der Waals surface area contributed by atoms with Gasteiger partial charge in [-0.25, -0.2) is 43.3 Å². The fourth-order valence-electron chi connectivity index (χ4n) is 5.73. The first-order valence-corrected chi connectivity index (χ1v) is 21.1. The zero-order chi connectivity index (χ0) is 36.3. The lowest BCUT2D eigenvalue weighted by Gasteiger charge is -2.03. The fraction of sp³-hybridized carbons (Fsp3) is 0.156. The van der Waals surface area contributed by atoms with E-state index < -0.39 is 20.6 Å². The van der Waals surface area contributed by atoms with E-state index in [1.165, 1.54) is 34.9 Å². The maximum atomic E-state index is 13.7. The van der Waals surface area contributed by atoms with E-state index in [-0.39, 0.29) is 55.0 Å². The summed E-state index contributed by atoms with van der Waals surface area (Å²) in [6, 6.07) is 7.24. The molecule has 1 aliphatic carbocycles. The van der Waals surface area contributed by atoms with Gasteiger partial charge in [-0.15, -0.1) is 50.8 Å². The number of hydrogen-bond donors (Lipinski definition) is 1. The molecule has 3 unspecified atom stereocenters. The number of thiophene rings is 2. The van der Waals surface area contributed by atoms with Crippen LogP contribution in [0, 0.1) is 17.2 Å². The van der Waals surface area contributed by atoms with Gasteiger partial charge < -0.3 is 4.42 Å². The molecule has 8 aromatic heterocycles. The molecule has 21 heteroatoms. The van der Waals surface area contributed by atoms with Crippen molar-refractivity contribution in [2.24, 2.45) is 5.92 Å². The molecule has 0 aromatic carbocycles. The largest absolute Gasteiger partial charge is 0.418 e. The molecule has 3 atom stereocenters. The third-order valence-corrected chi connectivity index (χ3v) is 15.3. The predicted molar refractivity (Wildman–Crippen MR) is 197 cm³/mol. The topological polar surface area (TPSA) is 233 Å². The van der Waals surface area contributed by atoms with Crippen LogP contribution in [0.5, 0.6) is 0 Å². The van der Waals surface area contributed by atoms with Crippen LogP contribution in [-0.4, -0.2) is 79.4 Å². The lowest BCUT2D eigenvalue weighted by atomic mass is 10.1. The predicted octanol–water partition coefficient (Wildman–Crippen LogP) is 5.46. The SMILES string of the molecule is C=CCS(=O)(=O)c1sc2nc(-c3nnc(C4CC4CS(=O)c4cc5c(-c6ncccn6)nc(-c6nccs6)nc5s4)o3)nc(-c3ccn[nH]3)c2c1C#N. The molecule has 1 saturated carbocycles. The first-order valence-electron chi connectivity index (χ1n) is 15.6. The normalized spacial score (nSPS) is 16.2. The van der Waals surface area contributed by atoms with Crippen LogP contribution in [0.4, 0.5) is 0 Å². The number of nitrogens with zero attached hydrogens (tertiary/aromatic N) is 11. The van der Waals surface area contributed by atoms with Gasteiger partial charge in [0.1, 0.15) is 31.3 Å². The van der Waals surface area contributed by atoms with Gasteiger partial charge in [0.15, 0.2) is 26.5 Å². The smallest absolute Gasteiger partial charge is 0.285 e. The van der Waals surface area contributed by atoms with Crippen molar-refractivity contribution in [2.45, 2.75) is 20.8 Å². The minimum atomic E-state index is -3.85. The van der Waals surface area contributed by atoms with Crippen LogP contribution in [-0.2, 0) is 20.6 Å². The third kappa shape index (κ3) is 6.03. The highest BCUT2D eigenvalue weighted by molar-refractivity contribution is 7.93. The molecule has 0 saturated heterocycles. The molecule has 0 bridgehead atoms. The van der Waals surface area contributed by atoms with E-state index in [1.807, 2.05) is 17.5 Å². The van der Waals surface area contributed by atoms with Crippen LogP contribution in [0.25, 0.3) is 65.9 Å². The molecule has 53 heavy (non-hydrogen) atoms. The van der Waals surface area contributed by atoms with Crippen LogP contribution in [0.2, 0.25) is 0 Å². The Bertz CT molecular complexity index is 2860. The summed E-state index contributed by atoms with van der Waals surface area (Å²) in [4.78, 5) is 32.7. The van der Waals surface area contributed by atoms with Gasteiger partial charge in [0.05, 0.1) is 37.4 Å². The van der Waals surface area contributed by atoms with Gasteiger partial charge in [0.2, 0.25) is 11.7 Å². The molecule has 0 aliphatic heterocycles. The molecule has 8 heterocycles. The van der Waals surface area contributed by atoms with Crippen LogP contribution in [0.15, 0.2) is 73.9 Å². The zero-order valence-electron chi connectivity index (χ0n) is 26.8.